The Morgan fingerprint density at radius 2 is 0.919 bits per heavy atom. The smallest absolute Gasteiger partial charge is 0.411 e. The zero-order valence-electron chi connectivity index (χ0n) is 19.2. The van der Waals surface area contributed by atoms with Crippen LogP contribution >= 0.6 is 0 Å². The molecule has 0 spiro atoms. The van der Waals surface area contributed by atoms with Crippen molar-refractivity contribution in [3.8, 4) is 0 Å². The number of hydrogen-bond donors (Lipinski definition) is 0. The summed E-state index contributed by atoms with van der Waals surface area (Å²) in [5.41, 5.74) is -10.8. The van der Waals surface area contributed by atoms with Crippen LogP contribution in [0, 0.1) is 0 Å². The highest BCUT2D eigenvalue weighted by atomic mass is 19.4. The van der Waals surface area contributed by atoms with Crippen molar-refractivity contribution in [2.45, 2.75) is 63.6 Å². The van der Waals surface area contributed by atoms with Gasteiger partial charge in [-0.2, -0.15) is 52.7 Å². The Hall–Kier alpha value is -2.42. The minimum atomic E-state index is -5.27. The second kappa shape index (κ2) is 10.4. The molecule has 2 aromatic carbocycles. The third-order valence-corrected chi connectivity index (χ3v) is 5.02. The first-order valence-electron chi connectivity index (χ1n) is 10.3. The Balaban J connectivity index is 2.75. The van der Waals surface area contributed by atoms with E-state index in [0.717, 1.165) is 6.92 Å². The summed E-state index contributed by atoms with van der Waals surface area (Å²) >= 11 is 0. The van der Waals surface area contributed by atoms with Crippen LogP contribution in [0.15, 0.2) is 36.4 Å². The molecule has 0 aliphatic rings. The molecule has 0 bridgehead atoms. The standard InChI is InChI=1S/C22H18BF12O2/c1-11(2)36-23-37-18(3,13-6-16(21(30,31)32)9-17(7-13)22(33,34)35)10-12-4-14(19(24,25)26)8-15(5-12)20(27,28)29/h4-9,11H,10H2,1-3H3. The van der Waals surface area contributed by atoms with Gasteiger partial charge in [0, 0.05) is 12.5 Å². The lowest BCUT2D eigenvalue weighted by Crippen LogP contribution is -2.33. The minimum Gasteiger partial charge on any atom is -0.411 e. The summed E-state index contributed by atoms with van der Waals surface area (Å²) in [6.45, 7) is 3.87. The molecule has 0 saturated heterocycles. The Morgan fingerprint density at radius 1 is 0.595 bits per heavy atom. The van der Waals surface area contributed by atoms with Gasteiger partial charge in [-0.1, -0.05) is 0 Å². The fraction of sp³-hybridized carbons (Fsp3) is 0.455. The van der Waals surface area contributed by atoms with Gasteiger partial charge >= 0.3 is 32.4 Å². The summed E-state index contributed by atoms with van der Waals surface area (Å²) in [6, 6.07) is 0.816. The lowest BCUT2D eigenvalue weighted by Gasteiger charge is -2.33. The highest BCUT2D eigenvalue weighted by molar-refractivity contribution is 6.18. The van der Waals surface area contributed by atoms with Gasteiger partial charge in [-0.15, -0.1) is 0 Å². The molecular formula is C22H18BF12O2. The lowest BCUT2D eigenvalue weighted by molar-refractivity contribution is -0.145. The second-order valence-corrected chi connectivity index (χ2v) is 8.52. The Bertz CT molecular complexity index is 1020. The predicted octanol–water partition coefficient (Wildman–Crippen LogP) is 8.20. The molecule has 1 radical (unpaired) electrons. The van der Waals surface area contributed by atoms with Crippen LogP contribution in [0.4, 0.5) is 52.7 Å². The molecule has 2 aromatic rings. The minimum absolute atomic E-state index is 0.165. The van der Waals surface area contributed by atoms with Crippen LogP contribution in [0.5, 0.6) is 0 Å². The molecule has 15 heteroatoms. The first-order valence-corrected chi connectivity index (χ1v) is 10.3. The maximum atomic E-state index is 13.4. The Morgan fingerprint density at radius 3 is 1.24 bits per heavy atom. The Labute approximate surface area is 203 Å². The van der Waals surface area contributed by atoms with Gasteiger partial charge in [-0.3, -0.25) is 0 Å². The van der Waals surface area contributed by atoms with Gasteiger partial charge in [0.2, 0.25) is 0 Å². The van der Waals surface area contributed by atoms with Crippen molar-refractivity contribution >= 4 is 7.69 Å². The first-order chi connectivity index (χ1) is 16.5. The van der Waals surface area contributed by atoms with Crippen molar-refractivity contribution in [3.63, 3.8) is 0 Å². The fourth-order valence-corrected chi connectivity index (χ4v) is 3.23. The zero-order chi connectivity index (χ0) is 28.6. The highest BCUT2D eigenvalue weighted by Gasteiger charge is 2.41. The zero-order valence-corrected chi connectivity index (χ0v) is 19.2. The van der Waals surface area contributed by atoms with Crippen molar-refractivity contribution in [2.24, 2.45) is 0 Å². The van der Waals surface area contributed by atoms with E-state index in [9.17, 15) is 52.7 Å². The van der Waals surface area contributed by atoms with E-state index in [2.05, 4.69) is 0 Å². The summed E-state index contributed by atoms with van der Waals surface area (Å²) in [4.78, 5) is 0. The number of alkyl halides is 12. The molecule has 1 unspecified atom stereocenters. The second-order valence-electron chi connectivity index (χ2n) is 8.52. The van der Waals surface area contributed by atoms with Crippen LogP contribution in [0.3, 0.4) is 0 Å². The van der Waals surface area contributed by atoms with Gasteiger partial charge in [-0.05, 0) is 68.3 Å². The van der Waals surface area contributed by atoms with E-state index in [1.165, 1.54) is 13.8 Å². The number of benzene rings is 2. The molecule has 0 aromatic heterocycles. The molecule has 0 N–H and O–H groups in total. The average Bonchev–Trinajstić information content (AvgIpc) is 2.70. The molecule has 0 amide bonds. The normalized spacial score (nSPS) is 15.1. The van der Waals surface area contributed by atoms with Gasteiger partial charge in [-0.25, -0.2) is 0 Å². The van der Waals surface area contributed by atoms with E-state index in [0.29, 0.717) is 19.8 Å². The van der Waals surface area contributed by atoms with E-state index in [4.69, 9.17) is 9.31 Å². The van der Waals surface area contributed by atoms with Crippen LogP contribution in [-0.4, -0.2) is 13.8 Å². The Kier molecular flexibility index (Phi) is 8.65. The maximum absolute atomic E-state index is 13.4. The molecule has 0 heterocycles. The molecule has 0 saturated carbocycles. The van der Waals surface area contributed by atoms with E-state index in [1.54, 1.807) is 0 Å². The van der Waals surface area contributed by atoms with Crippen molar-refractivity contribution in [1.82, 2.24) is 0 Å². The molecule has 2 rings (SSSR count). The molecule has 205 valence electrons. The number of halogens is 12. The molecule has 37 heavy (non-hydrogen) atoms. The van der Waals surface area contributed by atoms with Gasteiger partial charge < -0.3 is 9.31 Å². The highest BCUT2D eigenvalue weighted by Crippen LogP contribution is 2.42. The van der Waals surface area contributed by atoms with Gasteiger partial charge in [0.15, 0.2) is 0 Å². The molecule has 1 atom stereocenters. The summed E-state index contributed by atoms with van der Waals surface area (Å²) in [6.07, 6.45) is -22.6. The maximum Gasteiger partial charge on any atom is 0.488 e. The van der Waals surface area contributed by atoms with Crippen molar-refractivity contribution in [3.05, 3.63) is 69.8 Å². The molecular weight excluding hydrogens is 535 g/mol. The molecule has 0 aliphatic heterocycles. The van der Waals surface area contributed by atoms with Gasteiger partial charge in [0.05, 0.1) is 27.9 Å². The summed E-state index contributed by atoms with van der Waals surface area (Å²) in [5, 5.41) is 0. The molecule has 2 nitrogen and oxygen atoms in total. The van der Waals surface area contributed by atoms with Crippen LogP contribution in [0.1, 0.15) is 54.2 Å². The summed E-state index contributed by atoms with van der Waals surface area (Å²) in [5.74, 6) is 0. The van der Waals surface area contributed by atoms with Crippen molar-refractivity contribution in [2.75, 3.05) is 0 Å². The number of hydrogen-bond acceptors (Lipinski definition) is 2. The lowest BCUT2D eigenvalue weighted by atomic mass is 9.85. The summed E-state index contributed by atoms with van der Waals surface area (Å²) < 4.78 is 170. The quantitative estimate of drug-likeness (QED) is 0.254. The van der Waals surface area contributed by atoms with Crippen LogP contribution in [-0.2, 0) is 46.0 Å². The third kappa shape index (κ3) is 8.29. The van der Waals surface area contributed by atoms with E-state index in [1.807, 2.05) is 0 Å². The fourth-order valence-electron chi connectivity index (χ4n) is 3.23. The van der Waals surface area contributed by atoms with Gasteiger partial charge in [0.1, 0.15) is 0 Å². The third-order valence-electron chi connectivity index (χ3n) is 5.02. The molecule has 0 fully saturated rings. The van der Waals surface area contributed by atoms with E-state index >= 15 is 0 Å². The van der Waals surface area contributed by atoms with E-state index in [-0.39, 0.29) is 24.3 Å². The van der Waals surface area contributed by atoms with Crippen LogP contribution in [0.25, 0.3) is 0 Å². The predicted molar refractivity (Wildman–Crippen MR) is 107 cm³/mol. The summed E-state index contributed by atoms with van der Waals surface area (Å²) in [7, 11) is 0.552. The van der Waals surface area contributed by atoms with Crippen LogP contribution in [0.2, 0.25) is 0 Å². The monoisotopic (exact) mass is 553 g/mol. The largest absolute Gasteiger partial charge is 0.488 e. The topological polar surface area (TPSA) is 18.5 Å². The van der Waals surface area contributed by atoms with E-state index < -0.39 is 76.2 Å². The number of rotatable bonds is 7. The first kappa shape index (κ1) is 30.8. The van der Waals surface area contributed by atoms with Crippen molar-refractivity contribution in [1.29, 1.82) is 0 Å². The molecule has 0 aliphatic carbocycles. The van der Waals surface area contributed by atoms with Crippen LogP contribution < -0.4 is 0 Å². The SMILES string of the molecule is CC(C)O[B]OC(C)(Cc1cc(C(F)(F)F)cc(C(F)(F)F)c1)c1cc(C(F)(F)F)cc(C(F)(F)F)c1. The van der Waals surface area contributed by atoms with Gasteiger partial charge in [0.25, 0.3) is 0 Å². The van der Waals surface area contributed by atoms with Crippen molar-refractivity contribution < 1.29 is 62.0 Å². The average molecular weight is 553 g/mol.